The van der Waals surface area contributed by atoms with Crippen molar-refractivity contribution in [3.63, 3.8) is 0 Å². The molecule has 0 heterocycles. The Hall–Kier alpha value is -0.530. The van der Waals surface area contributed by atoms with Crippen LogP contribution in [0, 0.1) is 52.3 Å². The second-order valence-electron chi connectivity index (χ2n) is 12.6. The van der Waals surface area contributed by atoms with E-state index in [0.717, 1.165) is 60.0 Å². The van der Waals surface area contributed by atoms with Crippen molar-refractivity contribution in [1.82, 2.24) is 0 Å². The molecule has 4 saturated carbocycles. The lowest BCUT2D eigenvalue weighted by Crippen LogP contribution is -2.53. The van der Waals surface area contributed by atoms with Crippen LogP contribution >= 0.6 is 0 Å². The normalized spacial score (nSPS) is 47.0. The highest BCUT2D eigenvalue weighted by Crippen LogP contribution is 2.68. The van der Waals surface area contributed by atoms with Gasteiger partial charge in [0.15, 0.2) is 0 Å². The third-order valence-electron chi connectivity index (χ3n) is 10.8. The van der Waals surface area contributed by atoms with E-state index in [2.05, 4.69) is 39.8 Å². The molecule has 166 valence electrons. The fraction of sp³-hybridized carbons (Fsp3) is 0.963. The van der Waals surface area contributed by atoms with Gasteiger partial charge in [-0.05, 0) is 110 Å². The molecule has 2 heteroatoms. The summed E-state index contributed by atoms with van der Waals surface area (Å²) in [5.74, 6) is 6.36. The van der Waals surface area contributed by atoms with Gasteiger partial charge in [0.1, 0.15) is 0 Å². The molecule has 8 atom stereocenters. The first-order valence-electron chi connectivity index (χ1n) is 13.0. The minimum atomic E-state index is 0.499. The SMILES string of the molecule is CC(C)CCCC(C)C1CCC2C3CCC4C/C(=N/O)CCC4(C)C3CCC12C. The van der Waals surface area contributed by atoms with Gasteiger partial charge in [-0.2, -0.15) is 0 Å². The van der Waals surface area contributed by atoms with Crippen molar-refractivity contribution in [1.29, 1.82) is 0 Å². The molecule has 4 aliphatic rings. The Kier molecular flexibility index (Phi) is 6.13. The topological polar surface area (TPSA) is 32.6 Å². The van der Waals surface area contributed by atoms with Gasteiger partial charge in [0.2, 0.25) is 0 Å². The summed E-state index contributed by atoms with van der Waals surface area (Å²) in [6, 6.07) is 0. The number of oxime groups is 1. The smallest absolute Gasteiger partial charge is 0.0574 e. The average molecular weight is 402 g/mol. The molecule has 0 aromatic carbocycles. The zero-order valence-electron chi connectivity index (χ0n) is 19.9. The molecule has 0 aromatic heterocycles. The van der Waals surface area contributed by atoms with Gasteiger partial charge in [0, 0.05) is 0 Å². The highest BCUT2D eigenvalue weighted by molar-refractivity contribution is 5.85. The Morgan fingerprint density at radius 2 is 1.69 bits per heavy atom. The Bertz CT molecular complexity index is 612. The summed E-state index contributed by atoms with van der Waals surface area (Å²) < 4.78 is 0. The minimum Gasteiger partial charge on any atom is -0.411 e. The number of rotatable bonds is 5. The second kappa shape index (κ2) is 8.19. The Balaban J connectivity index is 1.46. The van der Waals surface area contributed by atoms with Gasteiger partial charge in [0.25, 0.3) is 0 Å². The van der Waals surface area contributed by atoms with E-state index in [0.29, 0.717) is 10.8 Å². The zero-order chi connectivity index (χ0) is 20.8. The van der Waals surface area contributed by atoms with Gasteiger partial charge in [-0.15, -0.1) is 0 Å². The third kappa shape index (κ3) is 3.69. The molecule has 2 nitrogen and oxygen atoms in total. The van der Waals surface area contributed by atoms with E-state index in [1.54, 1.807) is 0 Å². The van der Waals surface area contributed by atoms with Crippen molar-refractivity contribution in [2.45, 2.75) is 112 Å². The van der Waals surface area contributed by atoms with Crippen LogP contribution in [0.4, 0.5) is 0 Å². The van der Waals surface area contributed by atoms with E-state index < -0.39 is 0 Å². The van der Waals surface area contributed by atoms with Gasteiger partial charge in [-0.25, -0.2) is 0 Å². The Morgan fingerprint density at radius 1 is 0.931 bits per heavy atom. The van der Waals surface area contributed by atoms with Crippen molar-refractivity contribution in [3.05, 3.63) is 0 Å². The van der Waals surface area contributed by atoms with Crippen LogP contribution in [0.15, 0.2) is 5.16 Å². The molecule has 0 amide bonds. The third-order valence-corrected chi connectivity index (χ3v) is 10.8. The largest absolute Gasteiger partial charge is 0.411 e. The van der Waals surface area contributed by atoms with Crippen molar-refractivity contribution in [2.24, 2.45) is 57.4 Å². The van der Waals surface area contributed by atoms with Crippen molar-refractivity contribution in [2.75, 3.05) is 0 Å². The fourth-order valence-electron chi connectivity index (χ4n) is 9.18. The maximum Gasteiger partial charge on any atom is 0.0574 e. The van der Waals surface area contributed by atoms with Crippen molar-refractivity contribution in [3.8, 4) is 0 Å². The standard InChI is InChI=1S/C27H47NO/c1-18(2)7-6-8-19(3)23-11-12-24-22-10-9-20-17-21(28-29)13-15-26(20,4)25(22)14-16-27(23,24)5/h18-20,22-25,29H,6-17H2,1-5H3/b28-21+. The highest BCUT2D eigenvalue weighted by Gasteiger charge is 2.60. The lowest BCUT2D eigenvalue weighted by Gasteiger charge is -2.60. The molecule has 0 aromatic rings. The molecule has 1 N–H and O–H groups in total. The van der Waals surface area contributed by atoms with Gasteiger partial charge < -0.3 is 5.21 Å². The van der Waals surface area contributed by atoms with Crippen LogP contribution < -0.4 is 0 Å². The summed E-state index contributed by atoms with van der Waals surface area (Å²) in [6.07, 6.45) is 16.4. The molecule has 0 bridgehead atoms. The van der Waals surface area contributed by atoms with Crippen molar-refractivity contribution < 1.29 is 5.21 Å². The average Bonchev–Trinajstić information content (AvgIpc) is 3.04. The molecule has 8 unspecified atom stereocenters. The predicted molar refractivity (Wildman–Crippen MR) is 122 cm³/mol. The predicted octanol–water partition coefficient (Wildman–Crippen LogP) is 7.94. The molecule has 0 radical (unpaired) electrons. The molecular formula is C27H47NO. The van der Waals surface area contributed by atoms with Crippen LogP contribution in [0.25, 0.3) is 0 Å². The van der Waals surface area contributed by atoms with Gasteiger partial charge in [0.05, 0.1) is 5.71 Å². The van der Waals surface area contributed by atoms with Crippen LogP contribution in [-0.2, 0) is 0 Å². The van der Waals surface area contributed by atoms with Crippen LogP contribution in [0.3, 0.4) is 0 Å². The second-order valence-corrected chi connectivity index (χ2v) is 12.6. The van der Waals surface area contributed by atoms with E-state index in [1.165, 1.54) is 64.2 Å². The molecule has 29 heavy (non-hydrogen) atoms. The summed E-state index contributed by atoms with van der Waals surface area (Å²) in [5, 5.41) is 12.9. The summed E-state index contributed by atoms with van der Waals surface area (Å²) in [7, 11) is 0. The van der Waals surface area contributed by atoms with E-state index in [4.69, 9.17) is 0 Å². The maximum atomic E-state index is 9.32. The first kappa shape index (κ1) is 21.7. The number of hydrogen-bond acceptors (Lipinski definition) is 2. The van der Waals surface area contributed by atoms with Crippen LogP contribution in [0.2, 0.25) is 0 Å². The number of fused-ring (bicyclic) bond motifs is 5. The van der Waals surface area contributed by atoms with E-state index in [1.807, 2.05) is 0 Å². The van der Waals surface area contributed by atoms with Crippen molar-refractivity contribution >= 4 is 5.71 Å². The summed E-state index contributed by atoms with van der Waals surface area (Å²) >= 11 is 0. The van der Waals surface area contributed by atoms with Crippen LogP contribution in [-0.4, -0.2) is 10.9 Å². The number of hydrogen-bond donors (Lipinski definition) is 1. The molecule has 0 spiro atoms. The monoisotopic (exact) mass is 401 g/mol. The molecule has 4 aliphatic carbocycles. The fourth-order valence-corrected chi connectivity index (χ4v) is 9.18. The number of nitrogens with zero attached hydrogens (tertiary/aromatic N) is 1. The lowest BCUT2D eigenvalue weighted by molar-refractivity contribution is -0.105. The Morgan fingerprint density at radius 3 is 2.41 bits per heavy atom. The van der Waals surface area contributed by atoms with E-state index in [-0.39, 0.29) is 0 Å². The Labute approximate surface area is 180 Å². The molecular weight excluding hydrogens is 354 g/mol. The van der Waals surface area contributed by atoms with Crippen LogP contribution in [0.5, 0.6) is 0 Å². The van der Waals surface area contributed by atoms with Gasteiger partial charge >= 0.3 is 0 Å². The summed E-state index contributed by atoms with van der Waals surface area (Å²) in [6.45, 7) is 12.6. The molecule has 4 rings (SSSR count). The van der Waals surface area contributed by atoms with E-state index in [9.17, 15) is 5.21 Å². The van der Waals surface area contributed by atoms with Crippen LogP contribution in [0.1, 0.15) is 112 Å². The highest BCUT2D eigenvalue weighted by atomic mass is 16.4. The minimum absolute atomic E-state index is 0.499. The lowest BCUT2D eigenvalue weighted by atomic mass is 9.44. The quantitative estimate of drug-likeness (QED) is 0.368. The van der Waals surface area contributed by atoms with E-state index >= 15 is 0 Å². The molecule has 0 aliphatic heterocycles. The van der Waals surface area contributed by atoms with Gasteiger partial charge in [-0.1, -0.05) is 59.0 Å². The molecule has 0 saturated heterocycles. The maximum absolute atomic E-state index is 9.32. The summed E-state index contributed by atoms with van der Waals surface area (Å²) in [5.41, 5.74) is 2.18. The first-order valence-corrected chi connectivity index (χ1v) is 13.0. The first-order chi connectivity index (χ1) is 13.8. The van der Waals surface area contributed by atoms with Gasteiger partial charge in [-0.3, -0.25) is 0 Å². The zero-order valence-corrected chi connectivity index (χ0v) is 19.9. The molecule has 4 fully saturated rings. The summed E-state index contributed by atoms with van der Waals surface area (Å²) in [4.78, 5) is 0.